The van der Waals surface area contributed by atoms with E-state index < -0.39 is 5.97 Å². The first-order valence-electron chi connectivity index (χ1n) is 13.9. The third kappa shape index (κ3) is 11.2. The van der Waals surface area contributed by atoms with Gasteiger partial charge in [0.2, 0.25) is 0 Å². The topological polar surface area (TPSA) is 57.7 Å². The Hall–Kier alpha value is -3.60. The molecule has 0 amide bonds. The van der Waals surface area contributed by atoms with Crippen LogP contribution in [0.5, 0.6) is 17.2 Å². The minimum Gasteiger partial charge on any atom is -0.494 e. The second-order valence-electron chi connectivity index (χ2n) is 9.64. The zero-order valence-corrected chi connectivity index (χ0v) is 22.7. The molecule has 38 heavy (non-hydrogen) atoms. The summed E-state index contributed by atoms with van der Waals surface area (Å²) in [6, 6.07) is 19.5. The van der Waals surface area contributed by atoms with Crippen LogP contribution in [0.1, 0.15) is 71.1 Å². The molecule has 0 saturated heterocycles. The molecule has 0 atom stereocenters. The number of pyridine rings is 1. The van der Waals surface area contributed by atoms with E-state index in [4.69, 9.17) is 14.2 Å². The lowest BCUT2D eigenvalue weighted by molar-refractivity contribution is -0.130. The molecule has 0 unspecified atom stereocenters. The van der Waals surface area contributed by atoms with Gasteiger partial charge in [0, 0.05) is 11.8 Å². The molecule has 2 aromatic carbocycles. The van der Waals surface area contributed by atoms with E-state index in [1.807, 2.05) is 36.4 Å². The summed E-state index contributed by atoms with van der Waals surface area (Å²) in [6.07, 6.45) is 16.0. The molecule has 3 aromatic rings. The fourth-order valence-electron chi connectivity index (χ4n) is 4.08. The maximum Gasteiger partial charge on any atom is 0.338 e. The van der Waals surface area contributed by atoms with E-state index in [9.17, 15) is 4.79 Å². The highest BCUT2D eigenvalue weighted by molar-refractivity contribution is 5.88. The third-order valence-corrected chi connectivity index (χ3v) is 6.31. The Morgan fingerprint density at radius 3 is 1.61 bits per heavy atom. The molecule has 0 saturated carbocycles. The van der Waals surface area contributed by atoms with Crippen molar-refractivity contribution in [3.63, 3.8) is 0 Å². The van der Waals surface area contributed by atoms with Gasteiger partial charge in [0.05, 0.1) is 19.4 Å². The Balaban J connectivity index is 1.16. The van der Waals surface area contributed by atoms with E-state index in [0.717, 1.165) is 48.7 Å². The molecule has 0 spiro atoms. The number of unbranched alkanes of at least 4 members (excludes halogenated alkanes) is 9. The van der Waals surface area contributed by atoms with Crippen molar-refractivity contribution in [2.75, 3.05) is 13.2 Å². The van der Waals surface area contributed by atoms with Gasteiger partial charge in [0.15, 0.2) is 0 Å². The van der Waals surface area contributed by atoms with Gasteiger partial charge in [-0.05, 0) is 67.3 Å². The van der Waals surface area contributed by atoms with Gasteiger partial charge in [-0.3, -0.25) is 4.98 Å². The fourth-order valence-corrected chi connectivity index (χ4v) is 4.08. The third-order valence-electron chi connectivity index (χ3n) is 6.31. The summed E-state index contributed by atoms with van der Waals surface area (Å²) in [5.74, 6) is 1.86. The van der Waals surface area contributed by atoms with Gasteiger partial charge in [0.25, 0.3) is 0 Å². The van der Waals surface area contributed by atoms with Gasteiger partial charge in [0.1, 0.15) is 17.2 Å². The van der Waals surface area contributed by atoms with Crippen molar-refractivity contribution in [3.05, 3.63) is 85.2 Å². The number of ether oxygens (including phenoxy) is 3. The second-order valence-corrected chi connectivity index (χ2v) is 9.64. The predicted molar refractivity (Wildman–Crippen MR) is 154 cm³/mol. The summed E-state index contributed by atoms with van der Waals surface area (Å²) in [5.41, 5.74) is 2.53. The summed E-state index contributed by atoms with van der Waals surface area (Å²) in [6.45, 7) is 6.77. The largest absolute Gasteiger partial charge is 0.494 e. The molecule has 0 aliphatic carbocycles. The molecule has 0 radical (unpaired) electrons. The van der Waals surface area contributed by atoms with Crippen LogP contribution in [0.25, 0.3) is 11.1 Å². The minimum atomic E-state index is -0.412. The van der Waals surface area contributed by atoms with Gasteiger partial charge in [-0.25, -0.2) is 4.79 Å². The fraction of sp³-hybridized carbons (Fsp3) is 0.394. The van der Waals surface area contributed by atoms with Crippen LogP contribution in [0.4, 0.5) is 0 Å². The molecule has 0 N–H and O–H groups in total. The number of nitrogens with zero attached hydrogens (tertiary/aromatic N) is 1. The number of hydrogen-bond donors (Lipinski definition) is 0. The first-order valence-corrected chi connectivity index (χ1v) is 13.9. The average Bonchev–Trinajstić information content (AvgIpc) is 2.94. The van der Waals surface area contributed by atoms with Crippen molar-refractivity contribution < 1.29 is 19.0 Å². The predicted octanol–water partition coefficient (Wildman–Crippen LogP) is 8.59. The lowest BCUT2D eigenvalue weighted by Crippen LogP contribution is -2.07. The zero-order valence-electron chi connectivity index (χ0n) is 22.7. The van der Waals surface area contributed by atoms with E-state index in [0.29, 0.717) is 11.3 Å². The molecule has 5 nitrogen and oxygen atoms in total. The molecule has 3 rings (SSSR count). The second kappa shape index (κ2) is 17.0. The standard InChI is InChI=1S/C33H41NO4/c1-27(2)33(35)38-31-21-17-29(18-22-31)28-15-19-30(20-16-28)36-24-11-9-7-5-3-4-6-8-10-12-25-37-32-14-13-23-34-26-32/h13-23,26H,1,3-12,24-25H2,2H3. The first-order chi connectivity index (χ1) is 18.6. The number of aromatic nitrogens is 1. The SMILES string of the molecule is C=C(C)C(=O)Oc1ccc(-c2ccc(OCCCCCCCCCCCCOc3cccnc3)cc2)cc1. The summed E-state index contributed by atoms with van der Waals surface area (Å²) < 4.78 is 16.9. The molecule has 0 aliphatic heterocycles. The van der Waals surface area contributed by atoms with E-state index in [1.165, 1.54) is 51.4 Å². The molecular weight excluding hydrogens is 474 g/mol. The Bertz CT molecular complexity index is 1080. The van der Waals surface area contributed by atoms with E-state index in [-0.39, 0.29) is 0 Å². The maximum absolute atomic E-state index is 11.6. The summed E-state index contributed by atoms with van der Waals surface area (Å²) in [4.78, 5) is 15.7. The van der Waals surface area contributed by atoms with Crippen LogP contribution in [-0.4, -0.2) is 24.2 Å². The highest BCUT2D eigenvalue weighted by atomic mass is 16.5. The average molecular weight is 516 g/mol. The Morgan fingerprint density at radius 1 is 0.658 bits per heavy atom. The lowest BCUT2D eigenvalue weighted by Gasteiger charge is -2.08. The molecule has 0 aliphatic rings. The van der Waals surface area contributed by atoms with Crippen molar-refractivity contribution in [1.82, 2.24) is 4.98 Å². The highest BCUT2D eigenvalue weighted by Crippen LogP contribution is 2.25. The maximum atomic E-state index is 11.6. The van der Waals surface area contributed by atoms with Gasteiger partial charge < -0.3 is 14.2 Å². The van der Waals surface area contributed by atoms with E-state index in [1.54, 1.807) is 31.5 Å². The number of hydrogen-bond acceptors (Lipinski definition) is 5. The number of esters is 1. The monoisotopic (exact) mass is 515 g/mol. The number of benzene rings is 2. The van der Waals surface area contributed by atoms with Crippen LogP contribution >= 0.6 is 0 Å². The Labute approximate surface area is 227 Å². The van der Waals surface area contributed by atoms with Crippen LogP contribution in [0, 0.1) is 0 Å². The highest BCUT2D eigenvalue weighted by Gasteiger charge is 2.06. The minimum absolute atomic E-state index is 0.381. The normalized spacial score (nSPS) is 10.7. The smallest absolute Gasteiger partial charge is 0.338 e. The van der Waals surface area contributed by atoms with Gasteiger partial charge in [-0.15, -0.1) is 0 Å². The first kappa shape index (κ1) is 29.0. The van der Waals surface area contributed by atoms with Gasteiger partial charge in [-0.2, -0.15) is 0 Å². The van der Waals surface area contributed by atoms with Crippen molar-refractivity contribution >= 4 is 5.97 Å². The molecule has 202 valence electrons. The van der Waals surface area contributed by atoms with Crippen LogP contribution in [0.2, 0.25) is 0 Å². The van der Waals surface area contributed by atoms with Crippen LogP contribution in [-0.2, 0) is 4.79 Å². The van der Waals surface area contributed by atoms with Crippen molar-refractivity contribution in [3.8, 4) is 28.4 Å². The number of carbonyl (C=O) groups excluding carboxylic acids is 1. The Kier molecular flexibility index (Phi) is 13.0. The lowest BCUT2D eigenvalue weighted by atomic mass is 10.1. The molecular formula is C33H41NO4. The number of rotatable bonds is 18. The van der Waals surface area contributed by atoms with E-state index in [2.05, 4.69) is 23.7 Å². The van der Waals surface area contributed by atoms with Crippen molar-refractivity contribution in [2.24, 2.45) is 0 Å². The van der Waals surface area contributed by atoms with Crippen molar-refractivity contribution in [2.45, 2.75) is 71.1 Å². The molecule has 0 bridgehead atoms. The zero-order chi connectivity index (χ0) is 26.8. The molecule has 5 heteroatoms. The molecule has 0 fully saturated rings. The number of carbonyl (C=O) groups is 1. The van der Waals surface area contributed by atoms with Gasteiger partial charge >= 0.3 is 5.97 Å². The van der Waals surface area contributed by atoms with E-state index >= 15 is 0 Å². The van der Waals surface area contributed by atoms with Crippen molar-refractivity contribution in [1.29, 1.82) is 0 Å². The van der Waals surface area contributed by atoms with Crippen LogP contribution in [0.15, 0.2) is 85.2 Å². The van der Waals surface area contributed by atoms with Crippen LogP contribution in [0.3, 0.4) is 0 Å². The summed E-state index contributed by atoms with van der Waals surface area (Å²) >= 11 is 0. The molecule has 1 heterocycles. The molecule has 1 aromatic heterocycles. The Morgan fingerprint density at radius 2 is 1.13 bits per heavy atom. The summed E-state index contributed by atoms with van der Waals surface area (Å²) in [5, 5.41) is 0. The quantitative estimate of drug-likeness (QED) is 0.0735. The summed E-state index contributed by atoms with van der Waals surface area (Å²) in [7, 11) is 0. The van der Waals surface area contributed by atoms with Crippen LogP contribution < -0.4 is 14.2 Å². The van der Waals surface area contributed by atoms with Gasteiger partial charge in [-0.1, -0.05) is 82.2 Å².